The summed E-state index contributed by atoms with van der Waals surface area (Å²) in [7, 11) is -1.85. The maximum atomic E-state index is 13.1. The largest absolute Gasteiger partial charge is 0.345 e. The number of nitrogens with zero attached hydrogens (tertiary/aromatic N) is 4. The van der Waals surface area contributed by atoms with E-state index in [4.69, 9.17) is 0 Å². The van der Waals surface area contributed by atoms with Gasteiger partial charge in [-0.3, -0.25) is 9.59 Å². The molecule has 0 aromatic carbocycles. The molecule has 2 amide bonds. The molecule has 9 heteroatoms. The van der Waals surface area contributed by atoms with Crippen molar-refractivity contribution in [2.24, 2.45) is 13.0 Å². The number of carbonyl (C=O) groups excluding carboxylic acids is 2. The molecule has 0 bridgehead atoms. The van der Waals surface area contributed by atoms with E-state index in [1.54, 1.807) is 22.7 Å². The molecule has 166 valence electrons. The first-order chi connectivity index (χ1) is 14.4. The minimum absolute atomic E-state index is 0.00407. The highest BCUT2D eigenvalue weighted by Crippen LogP contribution is 2.26. The molecule has 0 saturated carbocycles. The number of carbonyl (C=O) groups is 2. The molecule has 0 spiro atoms. The van der Waals surface area contributed by atoms with Crippen LogP contribution in [0.1, 0.15) is 55.4 Å². The van der Waals surface area contributed by atoms with Gasteiger partial charge in [-0.15, -0.1) is 0 Å². The highest BCUT2D eigenvalue weighted by atomic mass is 32.2. The Morgan fingerprint density at radius 3 is 2.10 bits per heavy atom. The monoisotopic (exact) mass is 436 g/mol. The van der Waals surface area contributed by atoms with E-state index < -0.39 is 10.0 Å². The van der Waals surface area contributed by atoms with E-state index in [1.807, 2.05) is 4.90 Å². The summed E-state index contributed by atoms with van der Waals surface area (Å²) in [5.41, 5.74) is 0.384. The van der Waals surface area contributed by atoms with Crippen molar-refractivity contribution >= 4 is 21.8 Å². The molecule has 1 aromatic rings. The summed E-state index contributed by atoms with van der Waals surface area (Å²) < 4.78 is 29.0. The lowest BCUT2D eigenvalue weighted by atomic mass is 9.95. The van der Waals surface area contributed by atoms with Crippen LogP contribution >= 0.6 is 0 Å². The summed E-state index contributed by atoms with van der Waals surface area (Å²) in [6, 6.07) is 1.51. The van der Waals surface area contributed by atoms with E-state index in [0.29, 0.717) is 44.7 Å². The number of hydrogen-bond donors (Lipinski definition) is 0. The highest BCUT2D eigenvalue weighted by molar-refractivity contribution is 7.89. The Morgan fingerprint density at radius 1 is 0.867 bits per heavy atom. The zero-order valence-corrected chi connectivity index (χ0v) is 18.6. The molecule has 3 aliphatic heterocycles. The standard InChI is InChI=1S/C21H32N4O4S/c1-22-16-18(30(28,29)25-11-3-2-4-12-25)15-19(22)21(27)24-13-7-17(8-14-24)20(26)23-9-5-6-10-23/h15-17H,2-14H2,1H3. The smallest absolute Gasteiger partial charge is 0.270 e. The second kappa shape index (κ2) is 8.70. The van der Waals surface area contributed by atoms with Crippen LogP contribution in [0.5, 0.6) is 0 Å². The Bertz CT molecular complexity index is 890. The molecule has 0 N–H and O–H groups in total. The molecule has 3 fully saturated rings. The summed E-state index contributed by atoms with van der Waals surface area (Å²) >= 11 is 0. The molecule has 30 heavy (non-hydrogen) atoms. The van der Waals surface area contributed by atoms with Crippen LogP contribution in [0.4, 0.5) is 0 Å². The van der Waals surface area contributed by atoms with Crippen molar-refractivity contribution in [3.05, 3.63) is 18.0 Å². The summed E-state index contributed by atoms with van der Waals surface area (Å²) in [5.74, 6) is 0.0636. The Labute approximate surface area is 178 Å². The van der Waals surface area contributed by atoms with Crippen molar-refractivity contribution < 1.29 is 18.0 Å². The topological polar surface area (TPSA) is 82.9 Å². The van der Waals surface area contributed by atoms with Gasteiger partial charge in [0.15, 0.2) is 0 Å². The Balaban J connectivity index is 1.41. The van der Waals surface area contributed by atoms with Crippen LogP contribution in [0.25, 0.3) is 0 Å². The van der Waals surface area contributed by atoms with Gasteiger partial charge in [-0.25, -0.2) is 8.42 Å². The molecule has 3 aliphatic rings. The number of aryl methyl sites for hydroxylation is 1. The van der Waals surface area contributed by atoms with Crippen molar-refractivity contribution in [3.63, 3.8) is 0 Å². The lowest BCUT2D eigenvalue weighted by molar-refractivity contribution is -0.135. The van der Waals surface area contributed by atoms with E-state index in [-0.39, 0.29) is 22.6 Å². The maximum Gasteiger partial charge on any atom is 0.270 e. The first-order valence-electron chi connectivity index (χ1n) is 11.1. The molecule has 4 rings (SSSR count). The number of likely N-dealkylation sites (tertiary alicyclic amines) is 2. The van der Waals surface area contributed by atoms with E-state index in [0.717, 1.165) is 45.2 Å². The van der Waals surface area contributed by atoms with Gasteiger partial charge < -0.3 is 14.4 Å². The van der Waals surface area contributed by atoms with E-state index in [2.05, 4.69) is 0 Å². The molecule has 0 unspecified atom stereocenters. The van der Waals surface area contributed by atoms with Crippen molar-refractivity contribution in [1.29, 1.82) is 0 Å². The predicted octanol–water partition coefficient (Wildman–Crippen LogP) is 1.67. The Hall–Kier alpha value is -1.87. The molecule has 0 radical (unpaired) electrons. The van der Waals surface area contributed by atoms with Crippen LogP contribution in [0.3, 0.4) is 0 Å². The van der Waals surface area contributed by atoms with Crippen molar-refractivity contribution in [3.8, 4) is 0 Å². The van der Waals surface area contributed by atoms with Crippen LogP contribution in [0.2, 0.25) is 0 Å². The Morgan fingerprint density at radius 2 is 1.47 bits per heavy atom. The fourth-order valence-electron chi connectivity index (χ4n) is 4.83. The third-order valence-corrected chi connectivity index (χ3v) is 8.56. The normalized spacial score (nSPS) is 21.9. The highest BCUT2D eigenvalue weighted by Gasteiger charge is 2.33. The lowest BCUT2D eigenvalue weighted by Gasteiger charge is -2.33. The zero-order chi connectivity index (χ0) is 21.3. The van der Waals surface area contributed by atoms with Gasteiger partial charge >= 0.3 is 0 Å². The Kier molecular flexibility index (Phi) is 6.20. The minimum Gasteiger partial charge on any atom is -0.345 e. The molecule has 0 atom stereocenters. The zero-order valence-electron chi connectivity index (χ0n) is 17.8. The molecule has 8 nitrogen and oxygen atoms in total. The average molecular weight is 437 g/mol. The summed E-state index contributed by atoms with van der Waals surface area (Å²) in [6.07, 6.45) is 7.86. The van der Waals surface area contributed by atoms with Gasteiger partial charge in [0.1, 0.15) is 10.6 Å². The summed E-state index contributed by atoms with van der Waals surface area (Å²) in [5, 5.41) is 0. The van der Waals surface area contributed by atoms with E-state index in [1.165, 1.54) is 10.4 Å². The number of rotatable bonds is 4. The third-order valence-electron chi connectivity index (χ3n) is 6.70. The molecule has 4 heterocycles. The number of hydrogen-bond acceptors (Lipinski definition) is 4. The quantitative estimate of drug-likeness (QED) is 0.719. The molecule has 3 saturated heterocycles. The SMILES string of the molecule is Cn1cc(S(=O)(=O)N2CCCCC2)cc1C(=O)N1CCC(C(=O)N2CCCC2)CC1. The second-order valence-corrected chi connectivity index (χ2v) is 10.7. The third kappa shape index (κ3) is 4.14. The number of amides is 2. The molecule has 1 aromatic heterocycles. The van der Waals surface area contributed by atoms with Crippen LogP contribution in [-0.4, -0.2) is 78.2 Å². The van der Waals surface area contributed by atoms with Gasteiger partial charge in [0, 0.05) is 58.4 Å². The first-order valence-corrected chi connectivity index (χ1v) is 12.6. The maximum absolute atomic E-state index is 13.1. The average Bonchev–Trinajstić information content (AvgIpc) is 3.44. The fraction of sp³-hybridized carbons (Fsp3) is 0.714. The van der Waals surface area contributed by atoms with Gasteiger partial charge in [-0.05, 0) is 44.6 Å². The number of sulfonamides is 1. The van der Waals surface area contributed by atoms with E-state index >= 15 is 0 Å². The van der Waals surface area contributed by atoms with Crippen LogP contribution in [0.15, 0.2) is 17.2 Å². The van der Waals surface area contributed by atoms with Crippen LogP contribution < -0.4 is 0 Å². The lowest BCUT2D eigenvalue weighted by Crippen LogP contribution is -2.44. The van der Waals surface area contributed by atoms with Gasteiger partial charge in [0.05, 0.1) is 0 Å². The molecular formula is C21H32N4O4S. The van der Waals surface area contributed by atoms with Crippen molar-refractivity contribution in [2.45, 2.75) is 49.8 Å². The summed E-state index contributed by atoms with van der Waals surface area (Å²) in [4.78, 5) is 29.6. The second-order valence-electron chi connectivity index (χ2n) is 8.74. The summed E-state index contributed by atoms with van der Waals surface area (Å²) in [6.45, 7) is 3.86. The van der Waals surface area contributed by atoms with Gasteiger partial charge in [0.2, 0.25) is 15.9 Å². The van der Waals surface area contributed by atoms with E-state index in [9.17, 15) is 18.0 Å². The number of aromatic nitrogens is 1. The molecular weight excluding hydrogens is 404 g/mol. The predicted molar refractivity (Wildman–Crippen MR) is 112 cm³/mol. The first kappa shape index (κ1) is 21.4. The van der Waals surface area contributed by atoms with Gasteiger partial charge in [-0.2, -0.15) is 4.31 Å². The number of piperidine rings is 2. The van der Waals surface area contributed by atoms with Gasteiger partial charge in [-0.1, -0.05) is 6.42 Å². The van der Waals surface area contributed by atoms with Crippen LogP contribution in [0, 0.1) is 5.92 Å². The minimum atomic E-state index is -3.57. The van der Waals surface area contributed by atoms with Crippen molar-refractivity contribution in [1.82, 2.24) is 18.7 Å². The van der Waals surface area contributed by atoms with Gasteiger partial charge in [0.25, 0.3) is 5.91 Å². The molecule has 0 aliphatic carbocycles. The van der Waals surface area contributed by atoms with Crippen LogP contribution in [-0.2, 0) is 21.9 Å². The fourth-order valence-corrected chi connectivity index (χ4v) is 6.42. The van der Waals surface area contributed by atoms with Crippen molar-refractivity contribution in [2.75, 3.05) is 39.3 Å².